The molecule has 1 aromatic rings. The van der Waals surface area contributed by atoms with Crippen LogP contribution in [0, 0.1) is 12.8 Å². The maximum Gasteiger partial charge on any atom is 0.270 e. The highest BCUT2D eigenvalue weighted by atomic mass is 19.3. The summed E-state index contributed by atoms with van der Waals surface area (Å²) in [4.78, 5) is 22.4. The maximum atomic E-state index is 13.3. The van der Waals surface area contributed by atoms with Crippen LogP contribution in [0.15, 0.2) is 42.0 Å². The predicted molar refractivity (Wildman–Crippen MR) is 178 cm³/mol. The van der Waals surface area contributed by atoms with E-state index < -0.39 is 5.92 Å². The summed E-state index contributed by atoms with van der Waals surface area (Å²) < 4.78 is 26.7. The Bertz CT molecular complexity index is 889. The summed E-state index contributed by atoms with van der Waals surface area (Å²) in [6.45, 7) is 24.2. The number of ketones is 2. The van der Waals surface area contributed by atoms with Gasteiger partial charge in [-0.3, -0.25) is 9.59 Å². The maximum absolute atomic E-state index is 13.3. The van der Waals surface area contributed by atoms with Gasteiger partial charge in [-0.05, 0) is 64.5 Å². The van der Waals surface area contributed by atoms with Gasteiger partial charge in [0.25, 0.3) is 5.92 Å². The van der Waals surface area contributed by atoms with Crippen molar-refractivity contribution in [3.8, 4) is 0 Å². The molecule has 244 valence electrons. The van der Waals surface area contributed by atoms with E-state index in [4.69, 9.17) is 5.11 Å². The first-order valence-electron chi connectivity index (χ1n) is 16.2. The summed E-state index contributed by atoms with van der Waals surface area (Å²) in [6, 6.07) is 4.89. The van der Waals surface area contributed by atoms with Crippen molar-refractivity contribution < 1.29 is 23.5 Å². The number of carbonyl (C=O) groups excluding carboxylic acids is 2. The highest BCUT2D eigenvalue weighted by Crippen LogP contribution is 2.29. The minimum Gasteiger partial charge on any atom is -0.393 e. The fourth-order valence-electron chi connectivity index (χ4n) is 4.06. The van der Waals surface area contributed by atoms with Crippen molar-refractivity contribution in [2.75, 3.05) is 0 Å². The largest absolute Gasteiger partial charge is 0.393 e. The molecule has 0 radical (unpaired) electrons. The van der Waals surface area contributed by atoms with Crippen LogP contribution in [0.1, 0.15) is 150 Å². The van der Waals surface area contributed by atoms with Crippen molar-refractivity contribution in [1.29, 1.82) is 0 Å². The van der Waals surface area contributed by atoms with Crippen LogP contribution in [0.3, 0.4) is 0 Å². The number of aliphatic hydroxyl groups excluding tert-OH is 1. The number of unbranched alkanes of at least 4 members (excludes halogenated alkanes) is 2. The van der Waals surface area contributed by atoms with E-state index in [9.17, 15) is 18.4 Å². The molecule has 0 bridgehead atoms. The van der Waals surface area contributed by atoms with Crippen molar-refractivity contribution in [2.24, 2.45) is 5.92 Å². The van der Waals surface area contributed by atoms with Gasteiger partial charge in [0.15, 0.2) is 5.78 Å². The molecule has 1 unspecified atom stereocenters. The molecule has 1 aromatic carbocycles. The highest BCUT2D eigenvalue weighted by Gasteiger charge is 2.25. The van der Waals surface area contributed by atoms with E-state index in [1.807, 2.05) is 46.8 Å². The van der Waals surface area contributed by atoms with Crippen molar-refractivity contribution in [2.45, 2.75) is 159 Å². The average molecular weight is 595 g/mol. The summed E-state index contributed by atoms with van der Waals surface area (Å²) in [7, 11) is 0. The number of rotatable bonds is 11. The number of allylic oxidation sites excluding steroid dienone is 3. The number of aryl methyl sites for hydroxylation is 1. The Morgan fingerprint density at radius 3 is 1.83 bits per heavy atom. The number of carbonyl (C=O) groups is 2. The van der Waals surface area contributed by atoms with Crippen molar-refractivity contribution in [1.82, 2.24) is 0 Å². The van der Waals surface area contributed by atoms with Gasteiger partial charge in [0.2, 0.25) is 0 Å². The average Bonchev–Trinajstić information content (AvgIpc) is 3.43. The van der Waals surface area contributed by atoms with Crippen LogP contribution in [0.5, 0.6) is 0 Å². The summed E-state index contributed by atoms with van der Waals surface area (Å²) in [5.41, 5.74) is 3.48. The van der Waals surface area contributed by atoms with E-state index in [0.717, 1.165) is 43.7 Å². The summed E-state index contributed by atoms with van der Waals surface area (Å²) in [6.07, 6.45) is 13.4. The van der Waals surface area contributed by atoms with E-state index in [2.05, 4.69) is 27.4 Å². The van der Waals surface area contributed by atoms with Gasteiger partial charge in [0.05, 0.1) is 6.10 Å². The molecular formula is C37H64F2O3. The molecule has 3 nitrogen and oxygen atoms in total. The zero-order chi connectivity index (χ0) is 33.3. The Morgan fingerprint density at radius 1 is 1.00 bits per heavy atom. The third kappa shape index (κ3) is 23.4. The second-order valence-electron chi connectivity index (χ2n) is 11.0. The topological polar surface area (TPSA) is 54.4 Å². The number of hydrogen-bond donors (Lipinski definition) is 1. The first kappa shape index (κ1) is 44.3. The lowest BCUT2D eigenvalue weighted by Crippen LogP contribution is -2.14. The monoisotopic (exact) mass is 594 g/mol. The van der Waals surface area contributed by atoms with Crippen LogP contribution >= 0.6 is 0 Å². The standard InChI is InChI=1S/C15H20F2O.C10H16O.C5H10O.C5H12.C2H6/c1-5-13(11(3)18)8-12-6-10(2)7-14(9-12)15(4,16)17;1-5-8(3)7-9(4)10(11)6-2;6-5-3-1-2-4-5;1-3-5-4-2;1-2/h6-7,9,13H,5,8H2,1-4H3;7H,4-6H2,1-3H3;5-6H,1-4H2;3-5H2,1-2H3;1-2H3/b;8-7+;;;. The summed E-state index contributed by atoms with van der Waals surface area (Å²) in [5.74, 6) is -2.66. The fourth-order valence-corrected chi connectivity index (χ4v) is 4.06. The minimum absolute atomic E-state index is 0.0240. The first-order valence-corrected chi connectivity index (χ1v) is 16.2. The second kappa shape index (κ2) is 26.5. The highest BCUT2D eigenvalue weighted by molar-refractivity contribution is 5.97. The third-order valence-corrected chi connectivity index (χ3v) is 6.88. The first-order chi connectivity index (χ1) is 19.7. The van der Waals surface area contributed by atoms with Gasteiger partial charge < -0.3 is 5.11 Å². The number of Topliss-reactive ketones (excluding diaryl/α,β-unsaturated/α-hetero) is 2. The van der Waals surface area contributed by atoms with Gasteiger partial charge in [-0.15, -0.1) is 0 Å². The lowest BCUT2D eigenvalue weighted by molar-refractivity contribution is -0.120. The molecule has 0 heterocycles. The molecule has 5 heteroatoms. The number of alkyl halides is 2. The molecule has 1 saturated carbocycles. The minimum atomic E-state index is -2.83. The molecule has 1 fully saturated rings. The summed E-state index contributed by atoms with van der Waals surface area (Å²) in [5, 5.41) is 8.73. The third-order valence-electron chi connectivity index (χ3n) is 6.88. The molecule has 1 atom stereocenters. The van der Waals surface area contributed by atoms with E-state index >= 15 is 0 Å². The van der Waals surface area contributed by atoms with Gasteiger partial charge >= 0.3 is 0 Å². The number of hydrogen-bond acceptors (Lipinski definition) is 3. The van der Waals surface area contributed by atoms with Gasteiger partial charge in [0, 0.05) is 30.4 Å². The van der Waals surface area contributed by atoms with Crippen molar-refractivity contribution in [3.05, 3.63) is 58.7 Å². The molecule has 1 aliphatic carbocycles. The lowest BCUT2D eigenvalue weighted by Gasteiger charge is -2.16. The second-order valence-corrected chi connectivity index (χ2v) is 11.0. The fraction of sp³-hybridized carbons (Fsp3) is 0.676. The van der Waals surface area contributed by atoms with Gasteiger partial charge in [-0.2, -0.15) is 0 Å². The zero-order valence-electron chi connectivity index (χ0n) is 29.0. The quantitative estimate of drug-likeness (QED) is 0.205. The van der Waals surface area contributed by atoms with Crippen LogP contribution in [0.25, 0.3) is 0 Å². The molecule has 0 spiro atoms. The Balaban J connectivity index is -0.000000535. The van der Waals surface area contributed by atoms with Crippen LogP contribution in [0.4, 0.5) is 8.78 Å². The van der Waals surface area contributed by atoms with E-state index in [1.54, 1.807) is 13.8 Å². The van der Waals surface area contributed by atoms with Crippen LogP contribution in [-0.2, 0) is 21.9 Å². The molecule has 42 heavy (non-hydrogen) atoms. The van der Waals surface area contributed by atoms with Crippen LogP contribution < -0.4 is 0 Å². The van der Waals surface area contributed by atoms with Gasteiger partial charge in [0.1, 0.15) is 5.78 Å². The SMILES string of the molecule is C=C(/C=C(\C)CC)C(=O)CC.CC.CCC(Cc1cc(C)cc(C(C)(F)F)c1)C(C)=O.CCCCC.OC1CCCC1. The Kier molecular flexibility index (Phi) is 27.9. The smallest absolute Gasteiger partial charge is 0.270 e. The number of benzene rings is 1. The Morgan fingerprint density at radius 2 is 1.52 bits per heavy atom. The van der Waals surface area contributed by atoms with Gasteiger partial charge in [-0.25, -0.2) is 8.78 Å². The van der Waals surface area contributed by atoms with Crippen molar-refractivity contribution in [3.63, 3.8) is 0 Å². The van der Waals surface area contributed by atoms with E-state index in [1.165, 1.54) is 49.8 Å². The molecule has 1 N–H and O–H groups in total. The van der Waals surface area contributed by atoms with E-state index in [-0.39, 0.29) is 29.2 Å². The Hall–Kier alpha value is -2.14. The summed E-state index contributed by atoms with van der Waals surface area (Å²) >= 11 is 0. The molecule has 0 saturated heterocycles. The zero-order valence-corrected chi connectivity index (χ0v) is 29.0. The number of aliphatic hydroxyl groups is 1. The van der Waals surface area contributed by atoms with Crippen LogP contribution in [0.2, 0.25) is 0 Å². The molecule has 2 rings (SSSR count). The molecular weight excluding hydrogens is 530 g/mol. The lowest BCUT2D eigenvalue weighted by atomic mass is 9.91. The predicted octanol–water partition coefficient (Wildman–Crippen LogP) is 11.3. The van der Waals surface area contributed by atoms with Crippen molar-refractivity contribution >= 4 is 11.6 Å². The molecule has 0 aromatic heterocycles. The normalized spacial score (nSPS) is 13.5. The number of halogens is 2. The molecule has 0 amide bonds. The van der Waals surface area contributed by atoms with Crippen LogP contribution in [-0.4, -0.2) is 22.8 Å². The molecule has 1 aliphatic rings. The van der Waals surface area contributed by atoms with E-state index in [0.29, 0.717) is 18.4 Å². The Labute approximate surface area is 258 Å². The molecule has 0 aliphatic heterocycles. The van der Waals surface area contributed by atoms with Gasteiger partial charge in [-0.1, -0.05) is 116 Å².